The van der Waals surface area contributed by atoms with Crippen LogP contribution in [0.5, 0.6) is 0 Å². The van der Waals surface area contributed by atoms with E-state index in [4.69, 9.17) is 5.73 Å². The van der Waals surface area contributed by atoms with E-state index < -0.39 is 0 Å². The molecule has 1 fully saturated rings. The van der Waals surface area contributed by atoms with E-state index in [1.807, 2.05) is 12.4 Å². The van der Waals surface area contributed by atoms with Crippen LogP contribution in [0.4, 0.5) is 0 Å². The third-order valence-corrected chi connectivity index (χ3v) is 4.21. The van der Waals surface area contributed by atoms with Gasteiger partial charge in [0.25, 0.3) is 0 Å². The van der Waals surface area contributed by atoms with Gasteiger partial charge in [-0.2, -0.15) is 0 Å². The highest BCUT2D eigenvalue weighted by Gasteiger charge is 2.35. The summed E-state index contributed by atoms with van der Waals surface area (Å²) in [5, 5.41) is 0. The van der Waals surface area contributed by atoms with Crippen LogP contribution in [0.3, 0.4) is 0 Å². The van der Waals surface area contributed by atoms with Crippen LogP contribution in [0.25, 0.3) is 0 Å². The number of aromatic nitrogens is 1. The van der Waals surface area contributed by atoms with Crippen molar-refractivity contribution >= 4 is 0 Å². The molecule has 0 saturated heterocycles. The van der Waals surface area contributed by atoms with Crippen molar-refractivity contribution in [3.05, 3.63) is 30.1 Å². The SMILES string of the molecule is CN(CCc1ccncc1)C1(CN)CCCC1. The highest BCUT2D eigenvalue weighted by Crippen LogP contribution is 2.33. The van der Waals surface area contributed by atoms with Crippen LogP contribution >= 0.6 is 0 Å². The molecule has 0 amide bonds. The Hall–Kier alpha value is -0.930. The minimum Gasteiger partial charge on any atom is -0.329 e. The lowest BCUT2D eigenvalue weighted by atomic mass is 9.95. The Balaban J connectivity index is 1.90. The standard InChI is InChI=1S/C14H23N3/c1-17(14(12-15)7-2-3-8-14)11-6-13-4-9-16-10-5-13/h4-5,9-10H,2-3,6-8,11-12,15H2,1H3. The minimum absolute atomic E-state index is 0.271. The zero-order chi connectivity index (χ0) is 12.1. The van der Waals surface area contributed by atoms with Crippen LogP contribution in [0.2, 0.25) is 0 Å². The zero-order valence-corrected chi connectivity index (χ0v) is 10.7. The molecule has 1 aromatic heterocycles. The van der Waals surface area contributed by atoms with E-state index in [2.05, 4.69) is 29.1 Å². The summed E-state index contributed by atoms with van der Waals surface area (Å²) in [6.07, 6.45) is 9.99. The Kier molecular flexibility index (Phi) is 4.13. The predicted octanol–water partition coefficient (Wildman–Crippen LogP) is 1.83. The molecule has 1 saturated carbocycles. The van der Waals surface area contributed by atoms with Crippen molar-refractivity contribution in [3.8, 4) is 0 Å². The largest absolute Gasteiger partial charge is 0.329 e. The minimum atomic E-state index is 0.271. The van der Waals surface area contributed by atoms with Gasteiger partial charge in [-0.1, -0.05) is 12.8 Å². The first-order valence-corrected chi connectivity index (χ1v) is 6.57. The van der Waals surface area contributed by atoms with E-state index in [1.165, 1.54) is 31.2 Å². The third-order valence-electron chi connectivity index (χ3n) is 4.21. The van der Waals surface area contributed by atoms with Gasteiger partial charge in [0.15, 0.2) is 0 Å². The Morgan fingerprint density at radius 2 is 1.94 bits per heavy atom. The fourth-order valence-electron chi connectivity index (χ4n) is 2.86. The van der Waals surface area contributed by atoms with Gasteiger partial charge in [-0.25, -0.2) is 0 Å². The molecular formula is C14H23N3. The maximum atomic E-state index is 5.99. The van der Waals surface area contributed by atoms with Gasteiger partial charge in [0.1, 0.15) is 0 Å². The van der Waals surface area contributed by atoms with Gasteiger partial charge in [-0.15, -0.1) is 0 Å². The van der Waals surface area contributed by atoms with Gasteiger partial charge >= 0.3 is 0 Å². The van der Waals surface area contributed by atoms with E-state index >= 15 is 0 Å². The summed E-state index contributed by atoms with van der Waals surface area (Å²) < 4.78 is 0. The molecule has 3 heteroatoms. The number of rotatable bonds is 5. The summed E-state index contributed by atoms with van der Waals surface area (Å²) >= 11 is 0. The highest BCUT2D eigenvalue weighted by molar-refractivity contribution is 5.10. The first kappa shape index (κ1) is 12.5. The van der Waals surface area contributed by atoms with Crippen molar-refractivity contribution in [1.82, 2.24) is 9.88 Å². The van der Waals surface area contributed by atoms with Gasteiger partial charge in [-0.05, 0) is 44.0 Å². The summed E-state index contributed by atoms with van der Waals surface area (Å²) in [6, 6.07) is 4.19. The number of pyridine rings is 1. The highest BCUT2D eigenvalue weighted by atomic mass is 15.2. The first-order chi connectivity index (χ1) is 8.27. The first-order valence-electron chi connectivity index (χ1n) is 6.57. The third kappa shape index (κ3) is 2.85. The zero-order valence-electron chi connectivity index (χ0n) is 10.7. The lowest BCUT2D eigenvalue weighted by Gasteiger charge is -2.38. The summed E-state index contributed by atoms with van der Waals surface area (Å²) in [5.74, 6) is 0. The van der Waals surface area contributed by atoms with Crippen LogP contribution < -0.4 is 5.73 Å². The molecular weight excluding hydrogens is 210 g/mol. The van der Waals surface area contributed by atoms with Gasteiger partial charge in [0.05, 0.1) is 0 Å². The van der Waals surface area contributed by atoms with E-state index in [-0.39, 0.29) is 5.54 Å². The van der Waals surface area contributed by atoms with E-state index in [9.17, 15) is 0 Å². The Labute approximate surface area is 104 Å². The Morgan fingerprint density at radius 1 is 1.29 bits per heavy atom. The second kappa shape index (κ2) is 5.61. The molecule has 2 rings (SSSR count). The van der Waals surface area contributed by atoms with E-state index in [0.717, 1.165) is 19.5 Å². The molecule has 0 atom stereocenters. The van der Waals surface area contributed by atoms with Crippen LogP contribution in [-0.4, -0.2) is 35.6 Å². The normalized spacial score (nSPS) is 18.8. The van der Waals surface area contributed by atoms with Crippen LogP contribution in [0, 0.1) is 0 Å². The summed E-state index contributed by atoms with van der Waals surface area (Å²) in [7, 11) is 2.22. The Morgan fingerprint density at radius 3 is 2.53 bits per heavy atom. The topological polar surface area (TPSA) is 42.2 Å². The smallest absolute Gasteiger partial charge is 0.0328 e. The average molecular weight is 233 g/mol. The number of nitrogens with zero attached hydrogens (tertiary/aromatic N) is 2. The van der Waals surface area contributed by atoms with Crippen molar-refractivity contribution < 1.29 is 0 Å². The molecule has 1 aromatic rings. The lowest BCUT2D eigenvalue weighted by Crippen LogP contribution is -2.50. The molecule has 1 aliphatic carbocycles. The molecule has 0 aliphatic heterocycles. The number of hydrogen-bond donors (Lipinski definition) is 1. The van der Waals surface area contributed by atoms with Crippen LogP contribution in [0.15, 0.2) is 24.5 Å². The molecule has 1 aliphatic rings. The van der Waals surface area contributed by atoms with Crippen molar-refractivity contribution in [2.75, 3.05) is 20.1 Å². The summed E-state index contributed by atoms with van der Waals surface area (Å²) in [5.41, 5.74) is 7.62. The summed E-state index contributed by atoms with van der Waals surface area (Å²) in [4.78, 5) is 6.52. The molecule has 94 valence electrons. The molecule has 1 heterocycles. The van der Waals surface area contributed by atoms with E-state index in [0.29, 0.717) is 0 Å². The maximum Gasteiger partial charge on any atom is 0.0328 e. The van der Waals surface area contributed by atoms with Crippen molar-refractivity contribution in [2.24, 2.45) is 5.73 Å². The predicted molar refractivity (Wildman–Crippen MR) is 70.8 cm³/mol. The average Bonchev–Trinajstić information content (AvgIpc) is 2.87. The van der Waals surface area contributed by atoms with Crippen molar-refractivity contribution in [3.63, 3.8) is 0 Å². The molecule has 17 heavy (non-hydrogen) atoms. The molecule has 0 radical (unpaired) electrons. The van der Waals surface area contributed by atoms with Gasteiger partial charge in [0, 0.05) is 31.0 Å². The van der Waals surface area contributed by atoms with Gasteiger partial charge in [-0.3, -0.25) is 9.88 Å². The van der Waals surface area contributed by atoms with Crippen LogP contribution in [0.1, 0.15) is 31.2 Å². The number of nitrogens with two attached hydrogens (primary N) is 1. The van der Waals surface area contributed by atoms with E-state index in [1.54, 1.807) is 0 Å². The fourth-order valence-corrected chi connectivity index (χ4v) is 2.86. The second-order valence-electron chi connectivity index (χ2n) is 5.16. The molecule has 0 spiro atoms. The van der Waals surface area contributed by atoms with Crippen molar-refractivity contribution in [1.29, 1.82) is 0 Å². The molecule has 0 bridgehead atoms. The molecule has 0 unspecified atom stereocenters. The monoisotopic (exact) mass is 233 g/mol. The molecule has 2 N–H and O–H groups in total. The second-order valence-corrected chi connectivity index (χ2v) is 5.16. The summed E-state index contributed by atoms with van der Waals surface area (Å²) in [6.45, 7) is 1.88. The maximum absolute atomic E-state index is 5.99. The van der Waals surface area contributed by atoms with Gasteiger partial charge in [0.2, 0.25) is 0 Å². The lowest BCUT2D eigenvalue weighted by molar-refractivity contribution is 0.133. The fraction of sp³-hybridized carbons (Fsp3) is 0.643. The van der Waals surface area contributed by atoms with Gasteiger partial charge < -0.3 is 5.73 Å². The van der Waals surface area contributed by atoms with Crippen LogP contribution in [-0.2, 0) is 6.42 Å². The number of likely N-dealkylation sites (N-methyl/N-ethyl adjacent to an activating group) is 1. The molecule has 0 aromatic carbocycles. The quantitative estimate of drug-likeness (QED) is 0.843. The van der Waals surface area contributed by atoms with Crippen molar-refractivity contribution in [2.45, 2.75) is 37.6 Å². The Bertz CT molecular complexity index is 331. The number of hydrogen-bond acceptors (Lipinski definition) is 3. The molecule has 3 nitrogen and oxygen atoms in total.